The molecule has 0 amide bonds. The van der Waals surface area contributed by atoms with Gasteiger partial charge in [-0.2, -0.15) is 0 Å². The van der Waals surface area contributed by atoms with Crippen LogP contribution in [0.15, 0.2) is 23.1 Å². The molecule has 0 aliphatic heterocycles. The Hall–Kier alpha value is -1.58. The molecule has 0 aliphatic rings. The molecule has 1 aromatic rings. The van der Waals surface area contributed by atoms with Gasteiger partial charge in [0.2, 0.25) is 5.56 Å². The molecule has 0 saturated carbocycles. The summed E-state index contributed by atoms with van der Waals surface area (Å²) in [6.45, 7) is 4.00. The summed E-state index contributed by atoms with van der Waals surface area (Å²) in [5.41, 5.74) is 0.102. The second-order valence-corrected chi connectivity index (χ2v) is 1.93. The van der Waals surface area contributed by atoms with Crippen molar-refractivity contribution in [2.24, 2.45) is 0 Å². The zero-order chi connectivity index (χ0) is 10.3. The van der Waals surface area contributed by atoms with Gasteiger partial charge in [0, 0.05) is 12.3 Å². The Kier molecular flexibility index (Phi) is 5.27. The van der Waals surface area contributed by atoms with Crippen molar-refractivity contribution < 1.29 is 9.53 Å². The van der Waals surface area contributed by atoms with Crippen LogP contribution in [-0.4, -0.2) is 18.1 Å². The van der Waals surface area contributed by atoms with Gasteiger partial charge in [0.25, 0.3) is 0 Å². The van der Waals surface area contributed by atoms with E-state index in [0.29, 0.717) is 5.56 Å². The van der Waals surface area contributed by atoms with Crippen molar-refractivity contribution in [3.8, 4) is 0 Å². The molecule has 1 rings (SSSR count). The summed E-state index contributed by atoms with van der Waals surface area (Å²) in [5.74, 6) is -0.457. The highest BCUT2D eigenvalue weighted by atomic mass is 16.5. The summed E-state index contributed by atoms with van der Waals surface area (Å²) in [6.07, 6.45) is 1.31. The number of hydrogen-bond acceptors (Lipinski definition) is 3. The smallest absolute Gasteiger partial charge is 0.339 e. The fourth-order valence-electron chi connectivity index (χ4n) is 0.655. The summed E-state index contributed by atoms with van der Waals surface area (Å²) in [4.78, 5) is 23.7. The van der Waals surface area contributed by atoms with Crippen molar-refractivity contribution >= 4 is 5.97 Å². The molecule has 0 fully saturated rings. The van der Waals surface area contributed by atoms with Gasteiger partial charge >= 0.3 is 5.97 Å². The summed E-state index contributed by atoms with van der Waals surface area (Å²) >= 11 is 0. The maximum absolute atomic E-state index is 10.8. The average Bonchev–Trinajstić information content (AvgIpc) is 2.21. The van der Waals surface area contributed by atoms with Gasteiger partial charge in [-0.3, -0.25) is 4.79 Å². The van der Waals surface area contributed by atoms with Crippen LogP contribution in [0, 0.1) is 0 Å². The van der Waals surface area contributed by atoms with Gasteiger partial charge in [-0.1, -0.05) is 13.8 Å². The molecule has 1 aromatic heterocycles. The lowest BCUT2D eigenvalue weighted by Gasteiger charge is -1.95. The summed E-state index contributed by atoms with van der Waals surface area (Å²) in [5, 5.41) is 0. The highest BCUT2D eigenvalue weighted by Crippen LogP contribution is 1.94. The van der Waals surface area contributed by atoms with Crippen LogP contribution in [0.2, 0.25) is 0 Å². The predicted molar refractivity (Wildman–Crippen MR) is 49.8 cm³/mol. The van der Waals surface area contributed by atoms with E-state index in [4.69, 9.17) is 0 Å². The molecular weight excluding hydrogens is 170 g/mol. The first kappa shape index (κ1) is 11.4. The van der Waals surface area contributed by atoms with Crippen LogP contribution in [0.25, 0.3) is 0 Å². The minimum Gasteiger partial charge on any atom is -0.465 e. The molecule has 0 aliphatic carbocycles. The number of ether oxygens (including phenoxy) is 1. The van der Waals surface area contributed by atoms with Gasteiger partial charge in [-0.05, 0) is 6.07 Å². The number of aromatic amines is 1. The molecule has 0 aromatic carbocycles. The first-order valence-corrected chi connectivity index (χ1v) is 4.01. The third-order valence-corrected chi connectivity index (χ3v) is 1.21. The molecule has 4 nitrogen and oxygen atoms in total. The van der Waals surface area contributed by atoms with Crippen LogP contribution in [0.3, 0.4) is 0 Å². The van der Waals surface area contributed by atoms with Gasteiger partial charge in [0.05, 0.1) is 12.7 Å². The number of rotatable bonds is 1. The molecule has 4 heteroatoms. The number of H-pyrrole nitrogens is 1. The van der Waals surface area contributed by atoms with E-state index in [-0.39, 0.29) is 5.56 Å². The van der Waals surface area contributed by atoms with Gasteiger partial charge in [-0.25, -0.2) is 4.79 Å². The Morgan fingerprint density at radius 2 is 2.00 bits per heavy atom. The van der Waals surface area contributed by atoms with E-state index >= 15 is 0 Å². The van der Waals surface area contributed by atoms with E-state index in [1.165, 1.54) is 25.4 Å². The lowest BCUT2D eigenvalue weighted by Crippen LogP contribution is -2.07. The topological polar surface area (TPSA) is 59.2 Å². The van der Waals surface area contributed by atoms with E-state index in [2.05, 4.69) is 9.72 Å². The third kappa shape index (κ3) is 3.55. The SMILES string of the molecule is CC.COC(=O)c1ccc(=O)[nH]c1. The normalized spacial score (nSPS) is 8.23. The molecule has 0 spiro atoms. The van der Waals surface area contributed by atoms with E-state index in [1.54, 1.807) is 0 Å². The monoisotopic (exact) mass is 183 g/mol. The largest absolute Gasteiger partial charge is 0.465 e. The van der Waals surface area contributed by atoms with Crippen LogP contribution in [0.5, 0.6) is 0 Å². The lowest BCUT2D eigenvalue weighted by molar-refractivity contribution is 0.0600. The number of carbonyl (C=O) groups excluding carboxylic acids is 1. The van der Waals surface area contributed by atoms with Gasteiger partial charge in [0.15, 0.2) is 0 Å². The molecule has 13 heavy (non-hydrogen) atoms. The van der Waals surface area contributed by atoms with Crippen molar-refractivity contribution in [2.75, 3.05) is 7.11 Å². The molecule has 1 heterocycles. The number of carbonyl (C=O) groups is 1. The van der Waals surface area contributed by atoms with E-state index in [9.17, 15) is 9.59 Å². The fourth-order valence-corrected chi connectivity index (χ4v) is 0.655. The highest BCUT2D eigenvalue weighted by molar-refractivity contribution is 5.88. The molecule has 0 unspecified atom stereocenters. The van der Waals surface area contributed by atoms with Crippen LogP contribution < -0.4 is 5.56 Å². The van der Waals surface area contributed by atoms with Crippen molar-refractivity contribution in [1.82, 2.24) is 4.98 Å². The molecule has 0 saturated heterocycles. The second-order valence-electron chi connectivity index (χ2n) is 1.93. The molecular formula is C9H13NO3. The van der Waals surface area contributed by atoms with Gasteiger partial charge in [-0.15, -0.1) is 0 Å². The van der Waals surface area contributed by atoms with Crippen molar-refractivity contribution in [3.63, 3.8) is 0 Å². The highest BCUT2D eigenvalue weighted by Gasteiger charge is 2.02. The maximum atomic E-state index is 10.8. The minimum atomic E-state index is -0.457. The number of nitrogens with one attached hydrogen (secondary N) is 1. The Morgan fingerprint density at radius 1 is 1.38 bits per heavy atom. The molecule has 0 bridgehead atoms. The van der Waals surface area contributed by atoms with Gasteiger partial charge in [0.1, 0.15) is 0 Å². The van der Waals surface area contributed by atoms with E-state index in [0.717, 1.165) is 0 Å². The maximum Gasteiger partial charge on any atom is 0.339 e. The Bertz CT molecular complexity index is 296. The third-order valence-electron chi connectivity index (χ3n) is 1.21. The Balaban J connectivity index is 0.000000671. The zero-order valence-corrected chi connectivity index (χ0v) is 7.96. The van der Waals surface area contributed by atoms with Crippen LogP contribution >= 0.6 is 0 Å². The number of aromatic nitrogens is 1. The summed E-state index contributed by atoms with van der Waals surface area (Å²) in [7, 11) is 1.29. The molecule has 0 atom stereocenters. The van der Waals surface area contributed by atoms with E-state index < -0.39 is 5.97 Å². The van der Waals surface area contributed by atoms with Gasteiger partial charge < -0.3 is 9.72 Å². The van der Waals surface area contributed by atoms with E-state index in [1.807, 2.05) is 13.8 Å². The number of pyridine rings is 1. The van der Waals surface area contributed by atoms with Crippen molar-refractivity contribution in [3.05, 3.63) is 34.2 Å². The van der Waals surface area contributed by atoms with Crippen LogP contribution in [0.4, 0.5) is 0 Å². The zero-order valence-electron chi connectivity index (χ0n) is 7.96. The molecule has 1 N–H and O–H groups in total. The summed E-state index contributed by atoms with van der Waals surface area (Å²) in [6, 6.07) is 2.68. The van der Waals surface area contributed by atoms with Crippen molar-refractivity contribution in [1.29, 1.82) is 0 Å². The lowest BCUT2D eigenvalue weighted by atomic mass is 10.3. The molecule has 0 radical (unpaired) electrons. The predicted octanol–water partition coefficient (Wildman–Crippen LogP) is 1.19. The first-order valence-electron chi connectivity index (χ1n) is 4.01. The first-order chi connectivity index (χ1) is 6.24. The number of esters is 1. The number of methoxy groups -OCH3 is 1. The van der Waals surface area contributed by atoms with Crippen molar-refractivity contribution in [2.45, 2.75) is 13.8 Å². The Labute approximate surface area is 76.6 Å². The quantitative estimate of drug-likeness (QED) is 0.665. The average molecular weight is 183 g/mol. The second kappa shape index (κ2) is 5.99. The van der Waals surface area contributed by atoms with Crippen LogP contribution in [-0.2, 0) is 4.74 Å². The minimum absolute atomic E-state index is 0.238. The Morgan fingerprint density at radius 3 is 2.38 bits per heavy atom. The summed E-state index contributed by atoms with van der Waals surface area (Å²) < 4.78 is 4.42. The standard InChI is InChI=1S/C7H7NO3.C2H6/c1-11-7(10)5-2-3-6(9)8-4-5;1-2/h2-4H,1H3,(H,8,9);1-2H3. The fraction of sp³-hybridized carbons (Fsp3) is 0.333. The van der Waals surface area contributed by atoms with Crippen LogP contribution in [0.1, 0.15) is 24.2 Å². The number of hydrogen-bond donors (Lipinski definition) is 1. The molecule has 72 valence electrons.